The van der Waals surface area contributed by atoms with E-state index >= 15 is 0 Å². The normalized spacial score (nSPS) is 12.0. The van der Waals surface area contributed by atoms with Gasteiger partial charge in [0, 0.05) is 11.4 Å². The first-order valence-corrected chi connectivity index (χ1v) is 10.4. The summed E-state index contributed by atoms with van der Waals surface area (Å²) in [6, 6.07) is 21.1. The predicted molar refractivity (Wildman–Crippen MR) is 124 cm³/mol. The first-order chi connectivity index (χ1) is 14.5. The van der Waals surface area contributed by atoms with Crippen molar-refractivity contribution in [2.24, 2.45) is 0 Å². The quantitative estimate of drug-likeness (QED) is 0.566. The van der Waals surface area contributed by atoms with Crippen LogP contribution in [0.5, 0.6) is 0 Å². The summed E-state index contributed by atoms with van der Waals surface area (Å²) in [5.41, 5.74) is 2.56. The summed E-state index contributed by atoms with van der Waals surface area (Å²) >= 11 is 0. The van der Waals surface area contributed by atoms with Crippen LogP contribution in [-0.2, 0) is 9.59 Å². The second-order valence-electron chi connectivity index (χ2n) is 7.56. The highest BCUT2D eigenvalue weighted by atomic mass is 16.2. The predicted octanol–water partition coefficient (Wildman–Crippen LogP) is 4.83. The number of hydrogen-bond donors (Lipinski definition) is 2. The number of carbonyl (C=O) groups is 2. The number of fused-ring (bicyclic) bond motifs is 1. The summed E-state index contributed by atoms with van der Waals surface area (Å²) in [7, 11) is 0. The van der Waals surface area contributed by atoms with Crippen molar-refractivity contribution in [1.82, 2.24) is 4.90 Å². The maximum atomic E-state index is 12.9. The van der Waals surface area contributed by atoms with Crippen LogP contribution in [0.3, 0.4) is 0 Å². The summed E-state index contributed by atoms with van der Waals surface area (Å²) in [6.07, 6.45) is 0.852. The number of nitrogens with zero attached hydrogens (tertiary/aromatic N) is 1. The highest BCUT2D eigenvalue weighted by Crippen LogP contribution is 2.19. The Bertz CT molecular complexity index is 1030. The van der Waals surface area contributed by atoms with Crippen LogP contribution in [0, 0.1) is 6.92 Å². The van der Waals surface area contributed by atoms with Gasteiger partial charge in [0.25, 0.3) is 0 Å². The minimum absolute atomic E-state index is 0.122. The molecule has 0 aliphatic rings. The highest BCUT2D eigenvalue weighted by Gasteiger charge is 2.23. The molecule has 1 atom stereocenters. The van der Waals surface area contributed by atoms with Gasteiger partial charge in [-0.05, 0) is 61.3 Å². The van der Waals surface area contributed by atoms with E-state index in [1.54, 1.807) is 0 Å². The van der Waals surface area contributed by atoms with Crippen LogP contribution in [0.2, 0.25) is 0 Å². The number of carbonyl (C=O) groups excluding carboxylic acids is 2. The van der Waals surface area contributed by atoms with Crippen LogP contribution in [0.1, 0.15) is 25.8 Å². The minimum Gasteiger partial charge on any atom is -0.325 e. The van der Waals surface area contributed by atoms with Gasteiger partial charge in [0.15, 0.2) is 0 Å². The molecule has 0 fully saturated rings. The summed E-state index contributed by atoms with van der Waals surface area (Å²) in [4.78, 5) is 27.4. The molecule has 0 radical (unpaired) electrons. The zero-order valence-corrected chi connectivity index (χ0v) is 17.8. The monoisotopic (exact) mass is 403 g/mol. The third kappa shape index (κ3) is 5.45. The van der Waals surface area contributed by atoms with E-state index in [1.807, 2.05) is 92.4 Å². The van der Waals surface area contributed by atoms with Gasteiger partial charge in [0.05, 0.1) is 12.6 Å². The van der Waals surface area contributed by atoms with Crippen molar-refractivity contribution in [3.63, 3.8) is 0 Å². The molecule has 5 heteroatoms. The molecule has 5 nitrogen and oxygen atoms in total. The molecule has 0 spiro atoms. The zero-order valence-electron chi connectivity index (χ0n) is 17.8. The lowest BCUT2D eigenvalue weighted by Gasteiger charge is -2.27. The number of amides is 2. The van der Waals surface area contributed by atoms with E-state index in [-0.39, 0.29) is 18.4 Å². The fourth-order valence-electron chi connectivity index (χ4n) is 3.46. The van der Waals surface area contributed by atoms with Crippen LogP contribution < -0.4 is 10.6 Å². The lowest BCUT2D eigenvalue weighted by Crippen LogP contribution is -2.46. The Morgan fingerprint density at radius 3 is 2.37 bits per heavy atom. The minimum atomic E-state index is -0.431. The van der Waals surface area contributed by atoms with Crippen LogP contribution in [0.15, 0.2) is 66.7 Å². The van der Waals surface area contributed by atoms with E-state index in [0.717, 1.165) is 34.1 Å². The molecule has 2 amide bonds. The molecule has 156 valence electrons. The number of aryl methyl sites for hydroxylation is 1. The van der Waals surface area contributed by atoms with E-state index in [0.29, 0.717) is 6.54 Å². The Morgan fingerprint density at radius 1 is 0.933 bits per heavy atom. The molecule has 3 aromatic rings. The molecular weight excluding hydrogens is 374 g/mol. The fraction of sp³-hybridized carbons (Fsp3) is 0.280. The van der Waals surface area contributed by atoms with Crippen molar-refractivity contribution >= 4 is 34.0 Å². The van der Waals surface area contributed by atoms with E-state index < -0.39 is 6.04 Å². The van der Waals surface area contributed by atoms with Crippen molar-refractivity contribution in [2.45, 2.75) is 33.2 Å². The summed E-state index contributed by atoms with van der Waals surface area (Å²) in [5.74, 6) is -0.245. The molecule has 0 saturated carbocycles. The molecule has 3 rings (SSSR count). The van der Waals surface area contributed by atoms with Crippen LogP contribution in [0.4, 0.5) is 11.4 Å². The molecule has 0 bridgehead atoms. The lowest BCUT2D eigenvalue weighted by atomic mass is 10.1. The molecule has 0 heterocycles. The molecule has 0 unspecified atom stereocenters. The molecule has 0 aromatic heterocycles. The van der Waals surface area contributed by atoms with Gasteiger partial charge in [-0.15, -0.1) is 0 Å². The first-order valence-electron chi connectivity index (χ1n) is 10.4. The standard InChI is InChI=1S/C25H29N3O2/c1-4-15-28(17-24(29)27-23-12-8-5-9-18(23)2)19(3)25(30)26-22-14-13-20-10-6-7-11-21(20)16-22/h5-14,16,19H,4,15,17H2,1-3H3,(H,26,30)(H,27,29)/t19-/m0/s1. The van der Waals surface area contributed by atoms with Crippen molar-refractivity contribution in [2.75, 3.05) is 23.7 Å². The third-order valence-electron chi connectivity index (χ3n) is 5.22. The SMILES string of the molecule is CCCN(CC(=O)Nc1ccccc1C)[C@@H](C)C(=O)Nc1ccc2ccccc2c1. The average Bonchev–Trinajstić information content (AvgIpc) is 2.74. The van der Waals surface area contributed by atoms with Gasteiger partial charge in [-0.25, -0.2) is 0 Å². The number of para-hydroxylation sites is 1. The summed E-state index contributed by atoms with van der Waals surface area (Å²) in [6.45, 7) is 6.66. The third-order valence-corrected chi connectivity index (χ3v) is 5.22. The second kappa shape index (κ2) is 10.0. The van der Waals surface area contributed by atoms with Crippen LogP contribution in [0.25, 0.3) is 10.8 Å². The Labute approximate surface area is 178 Å². The van der Waals surface area contributed by atoms with E-state index in [9.17, 15) is 9.59 Å². The molecule has 0 saturated heterocycles. The largest absolute Gasteiger partial charge is 0.325 e. The zero-order chi connectivity index (χ0) is 21.5. The average molecular weight is 404 g/mol. The maximum Gasteiger partial charge on any atom is 0.241 e. The Kier molecular flexibility index (Phi) is 7.20. The Hall–Kier alpha value is -3.18. The van der Waals surface area contributed by atoms with E-state index in [4.69, 9.17) is 0 Å². The number of hydrogen-bond acceptors (Lipinski definition) is 3. The van der Waals surface area contributed by atoms with Gasteiger partial charge < -0.3 is 10.6 Å². The smallest absolute Gasteiger partial charge is 0.241 e. The summed E-state index contributed by atoms with van der Waals surface area (Å²) in [5, 5.41) is 8.15. The maximum absolute atomic E-state index is 12.9. The molecule has 0 aliphatic carbocycles. The van der Waals surface area contributed by atoms with E-state index in [2.05, 4.69) is 10.6 Å². The van der Waals surface area contributed by atoms with Gasteiger partial charge in [0.1, 0.15) is 0 Å². The Balaban J connectivity index is 1.65. The van der Waals surface area contributed by atoms with Gasteiger partial charge in [0.2, 0.25) is 11.8 Å². The molecule has 2 N–H and O–H groups in total. The molecule has 30 heavy (non-hydrogen) atoms. The number of nitrogens with one attached hydrogen (secondary N) is 2. The van der Waals surface area contributed by atoms with Gasteiger partial charge in [-0.3, -0.25) is 14.5 Å². The lowest BCUT2D eigenvalue weighted by molar-refractivity contribution is -0.123. The first kappa shape index (κ1) is 21.5. The van der Waals surface area contributed by atoms with Gasteiger partial charge in [-0.1, -0.05) is 55.5 Å². The second-order valence-corrected chi connectivity index (χ2v) is 7.56. The number of rotatable bonds is 8. The van der Waals surface area contributed by atoms with Crippen molar-refractivity contribution < 1.29 is 9.59 Å². The fourth-order valence-corrected chi connectivity index (χ4v) is 3.46. The van der Waals surface area contributed by atoms with Gasteiger partial charge in [-0.2, -0.15) is 0 Å². The summed E-state index contributed by atoms with van der Waals surface area (Å²) < 4.78 is 0. The number of benzene rings is 3. The molecule has 3 aromatic carbocycles. The number of anilines is 2. The van der Waals surface area contributed by atoms with Crippen molar-refractivity contribution in [3.8, 4) is 0 Å². The van der Waals surface area contributed by atoms with Crippen molar-refractivity contribution in [1.29, 1.82) is 0 Å². The Morgan fingerprint density at radius 2 is 1.63 bits per heavy atom. The van der Waals surface area contributed by atoms with Crippen LogP contribution >= 0.6 is 0 Å². The molecular formula is C25H29N3O2. The van der Waals surface area contributed by atoms with Gasteiger partial charge >= 0.3 is 0 Å². The topological polar surface area (TPSA) is 61.4 Å². The van der Waals surface area contributed by atoms with Crippen molar-refractivity contribution in [3.05, 3.63) is 72.3 Å². The van der Waals surface area contributed by atoms with Crippen LogP contribution in [-0.4, -0.2) is 35.8 Å². The van der Waals surface area contributed by atoms with E-state index in [1.165, 1.54) is 0 Å². The molecule has 0 aliphatic heterocycles. The highest BCUT2D eigenvalue weighted by molar-refractivity contribution is 5.98.